The summed E-state index contributed by atoms with van der Waals surface area (Å²) >= 11 is 3.12. The first-order valence-electron chi connectivity index (χ1n) is 8.68. The predicted octanol–water partition coefficient (Wildman–Crippen LogP) is 1.45. The molecule has 0 unspecified atom stereocenters. The van der Waals surface area contributed by atoms with E-state index in [0.717, 1.165) is 0 Å². The molecule has 0 aliphatic heterocycles. The topological polar surface area (TPSA) is 158 Å². The van der Waals surface area contributed by atoms with Crippen molar-refractivity contribution in [3.8, 4) is 0 Å². The Hall–Kier alpha value is -3.61. The van der Waals surface area contributed by atoms with E-state index in [2.05, 4.69) is 41.8 Å². The monoisotopic (exact) mass is 477 g/mol. The maximum absolute atomic E-state index is 12.1. The molecule has 0 fully saturated rings. The SMILES string of the molecule is Cc1c(Br)c([N+](=O)[O-])nn1Cc1noc(C(=O)NCCNC(=O)c2ccccc2)n1. The summed E-state index contributed by atoms with van der Waals surface area (Å²) in [4.78, 5) is 38.3. The smallest absolute Gasteiger partial charge is 0.358 e. The van der Waals surface area contributed by atoms with E-state index in [9.17, 15) is 19.7 Å². The number of halogens is 1. The zero-order valence-corrected chi connectivity index (χ0v) is 17.2. The van der Waals surface area contributed by atoms with Gasteiger partial charge in [0.2, 0.25) is 0 Å². The third-order valence-corrected chi connectivity index (χ3v) is 4.90. The summed E-state index contributed by atoms with van der Waals surface area (Å²) in [5, 5.41) is 23.7. The van der Waals surface area contributed by atoms with E-state index in [-0.39, 0.29) is 47.5 Å². The highest BCUT2D eigenvalue weighted by Gasteiger charge is 2.25. The van der Waals surface area contributed by atoms with Crippen molar-refractivity contribution in [2.45, 2.75) is 13.5 Å². The number of nitrogens with one attached hydrogen (secondary N) is 2. The van der Waals surface area contributed by atoms with Crippen LogP contribution in [0.3, 0.4) is 0 Å². The number of amides is 2. The predicted molar refractivity (Wildman–Crippen MR) is 106 cm³/mol. The summed E-state index contributed by atoms with van der Waals surface area (Å²) in [6, 6.07) is 8.69. The Kier molecular flexibility index (Phi) is 6.51. The van der Waals surface area contributed by atoms with Crippen molar-refractivity contribution in [3.05, 3.63) is 67.9 Å². The van der Waals surface area contributed by atoms with Crippen molar-refractivity contribution >= 4 is 33.6 Å². The first-order chi connectivity index (χ1) is 14.4. The van der Waals surface area contributed by atoms with Crippen molar-refractivity contribution in [2.24, 2.45) is 0 Å². The Labute approximate surface area is 177 Å². The first-order valence-corrected chi connectivity index (χ1v) is 9.47. The molecular weight excluding hydrogens is 462 g/mol. The van der Waals surface area contributed by atoms with E-state index in [1.165, 1.54) is 4.68 Å². The van der Waals surface area contributed by atoms with E-state index in [0.29, 0.717) is 11.3 Å². The van der Waals surface area contributed by atoms with Crippen LogP contribution >= 0.6 is 15.9 Å². The van der Waals surface area contributed by atoms with Crippen LogP contribution in [0.25, 0.3) is 0 Å². The fourth-order valence-electron chi connectivity index (χ4n) is 2.44. The molecule has 0 spiro atoms. The van der Waals surface area contributed by atoms with Gasteiger partial charge in [-0.15, -0.1) is 0 Å². The number of benzene rings is 1. The molecule has 0 bridgehead atoms. The minimum absolute atomic E-state index is 0.0117. The van der Waals surface area contributed by atoms with Gasteiger partial charge in [-0.2, -0.15) is 9.67 Å². The lowest BCUT2D eigenvalue weighted by molar-refractivity contribution is -0.390. The van der Waals surface area contributed by atoms with Crippen LogP contribution in [0, 0.1) is 17.0 Å². The molecule has 0 saturated heterocycles. The molecule has 30 heavy (non-hydrogen) atoms. The van der Waals surface area contributed by atoms with E-state index >= 15 is 0 Å². The Morgan fingerprint density at radius 2 is 1.87 bits per heavy atom. The molecule has 156 valence electrons. The van der Waals surface area contributed by atoms with Crippen molar-refractivity contribution in [2.75, 3.05) is 13.1 Å². The molecule has 0 aliphatic carbocycles. The minimum atomic E-state index is -0.612. The van der Waals surface area contributed by atoms with Gasteiger partial charge < -0.3 is 25.3 Å². The summed E-state index contributed by atoms with van der Waals surface area (Å²) in [6.07, 6.45) is 0. The molecule has 2 heterocycles. The molecule has 13 heteroatoms. The molecular formula is C17H16BrN7O5. The highest BCUT2D eigenvalue weighted by molar-refractivity contribution is 9.10. The van der Waals surface area contributed by atoms with Crippen molar-refractivity contribution < 1.29 is 19.0 Å². The molecule has 0 radical (unpaired) electrons. The molecule has 2 amide bonds. The van der Waals surface area contributed by atoms with E-state index in [1.807, 2.05) is 6.07 Å². The third-order valence-electron chi connectivity index (χ3n) is 3.98. The highest BCUT2D eigenvalue weighted by Crippen LogP contribution is 2.27. The number of hydrogen-bond acceptors (Lipinski definition) is 8. The normalized spacial score (nSPS) is 10.6. The maximum Gasteiger partial charge on any atom is 0.404 e. The standard InChI is InChI=1S/C17H16BrN7O5/c1-10-13(18)14(25(28)29)22-24(10)9-12-21-17(30-23-12)16(27)20-8-7-19-15(26)11-5-3-2-4-6-11/h2-6H,7-9H2,1H3,(H,19,26)(H,20,27). The Balaban J connectivity index is 1.51. The summed E-state index contributed by atoms with van der Waals surface area (Å²) < 4.78 is 6.51. The van der Waals surface area contributed by atoms with Gasteiger partial charge in [0.15, 0.2) is 5.82 Å². The fourth-order valence-corrected chi connectivity index (χ4v) is 2.87. The van der Waals surface area contributed by atoms with Crippen molar-refractivity contribution in [3.63, 3.8) is 0 Å². The quantitative estimate of drug-likeness (QED) is 0.280. The number of rotatable bonds is 8. The van der Waals surface area contributed by atoms with Crippen molar-refractivity contribution in [1.82, 2.24) is 30.6 Å². The average Bonchev–Trinajstić information content (AvgIpc) is 3.32. The van der Waals surface area contributed by atoms with Crippen LogP contribution in [-0.4, -0.2) is 49.7 Å². The third kappa shape index (κ3) is 4.86. The number of carbonyl (C=O) groups excluding carboxylic acids is 2. The van der Waals surface area contributed by atoms with Crippen LogP contribution in [0.4, 0.5) is 5.82 Å². The van der Waals surface area contributed by atoms with E-state index < -0.39 is 10.8 Å². The van der Waals surface area contributed by atoms with Crippen LogP contribution < -0.4 is 10.6 Å². The lowest BCUT2D eigenvalue weighted by Gasteiger charge is -2.05. The Morgan fingerprint density at radius 3 is 2.50 bits per heavy atom. The van der Waals surface area contributed by atoms with Gasteiger partial charge in [-0.05, 0) is 39.9 Å². The Morgan fingerprint density at radius 1 is 1.20 bits per heavy atom. The number of carbonyl (C=O) groups is 2. The first kappa shape index (κ1) is 21.1. The second-order valence-corrected chi connectivity index (χ2v) is 6.82. The maximum atomic E-state index is 12.1. The van der Waals surface area contributed by atoms with Crippen LogP contribution in [0.1, 0.15) is 32.6 Å². The van der Waals surface area contributed by atoms with Gasteiger partial charge >= 0.3 is 17.6 Å². The van der Waals surface area contributed by atoms with Gasteiger partial charge in [0.25, 0.3) is 5.91 Å². The number of nitro groups is 1. The second kappa shape index (κ2) is 9.26. The van der Waals surface area contributed by atoms with Crippen molar-refractivity contribution in [1.29, 1.82) is 0 Å². The average molecular weight is 478 g/mol. The lowest BCUT2D eigenvalue weighted by Crippen LogP contribution is -2.34. The second-order valence-electron chi connectivity index (χ2n) is 6.03. The van der Waals surface area contributed by atoms with Gasteiger partial charge in [-0.25, -0.2) is 0 Å². The molecule has 2 aromatic heterocycles. The molecule has 0 atom stereocenters. The summed E-state index contributed by atoms with van der Waals surface area (Å²) in [5.74, 6) is -1.32. The highest BCUT2D eigenvalue weighted by atomic mass is 79.9. The van der Waals surface area contributed by atoms with Gasteiger partial charge in [0.1, 0.15) is 11.0 Å². The summed E-state index contributed by atoms with van der Waals surface area (Å²) in [7, 11) is 0. The molecule has 12 nitrogen and oxygen atoms in total. The van der Waals surface area contributed by atoms with Gasteiger partial charge in [0, 0.05) is 18.7 Å². The zero-order valence-electron chi connectivity index (χ0n) is 15.7. The zero-order chi connectivity index (χ0) is 21.7. The molecule has 2 N–H and O–H groups in total. The number of aromatic nitrogens is 4. The van der Waals surface area contributed by atoms with Gasteiger partial charge in [-0.1, -0.05) is 23.4 Å². The molecule has 1 aromatic carbocycles. The lowest BCUT2D eigenvalue weighted by atomic mass is 10.2. The van der Waals surface area contributed by atoms with Crippen LogP contribution in [-0.2, 0) is 6.54 Å². The summed E-state index contributed by atoms with van der Waals surface area (Å²) in [5.41, 5.74) is 1.03. The van der Waals surface area contributed by atoms with Crippen LogP contribution in [0.2, 0.25) is 0 Å². The number of hydrogen-bond donors (Lipinski definition) is 2. The number of nitrogens with zero attached hydrogens (tertiary/aromatic N) is 5. The van der Waals surface area contributed by atoms with Crippen LogP contribution in [0.15, 0.2) is 39.3 Å². The molecule has 3 rings (SSSR count). The minimum Gasteiger partial charge on any atom is -0.358 e. The summed E-state index contributed by atoms with van der Waals surface area (Å²) in [6.45, 7) is 2.00. The molecule has 0 aliphatic rings. The van der Waals surface area contributed by atoms with E-state index in [1.54, 1.807) is 31.2 Å². The molecule has 3 aromatic rings. The van der Waals surface area contributed by atoms with Gasteiger partial charge in [0.05, 0.1) is 10.8 Å². The largest absolute Gasteiger partial charge is 0.404 e. The molecule has 0 saturated carbocycles. The Bertz CT molecular complexity index is 1080. The van der Waals surface area contributed by atoms with Crippen LogP contribution in [0.5, 0.6) is 0 Å². The fraction of sp³-hybridized carbons (Fsp3) is 0.235. The van der Waals surface area contributed by atoms with E-state index in [4.69, 9.17) is 4.52 Å². The van der Waals surface area contributed by atoms with Gasteiger partial charge in [-0.3, -0.25) is 9.59 Å².